The summed E-state index contributed by atoms with van der Waals surface area (Å²) < 4.78 is 5.15. The van der Waals surface area contributed by atoms with Crippen LogP contribution in [0.2, 0.25) is 0 Å². The molecule has 0 unspecified atom stereocenters. The molecular weight excluding hydrogens is 224 g/mol. The van der Waals surface area contributed by atoms with Crippen LogP contribution in [0, 0.1) is 5.92 Å². The largest absolute Gasteiger partial charge is 0.378 e. The summed E-state index contributed by atoms with van der Waals surface area (Å²) in [6, 6.07) is 0. The predicted octanol–water partition coefficient (Wildman–Crippen LogP) is 0.0516. The van der Waals surface area contributed by atoms with Gasteiger partial charge in [-0.1, -0.05) is 13.8 Å². The van der Waals surface area contributed by atoms with E-state index >= 15 is 0 Å². The summed E-state index contributed by atoms with van der Waals surface area (Å²) >= 11 is 0. The zero-order valence-corrected chi connectivity index (χ0v) is 9.18. The maximum atomic E-state index is 8.41. The lowest BCUT2D eigenvalue weighted by Crippen LogP contribution is -2.34. The molecule has 1 atom stereocenters. The van der Waals surface area contributed by atoms with Crippen molar-refractivity contribution in [2.75, 3.05) is 19.8 Å². The van der Waals surface area contributed by atoms with E-state index in [9.17, 15) is 0 Å². The number of rotatable bonds is 9. The quantitative estimate of drug-likeness (QED) is 0.416. The Kier molecular flexibility index (Phi) is 8.56. The fraction of sp³-hybridized carbons (Fsp3) is 1.00. The molecule has 98 valence electrons. The Labute approximate surface area is 92.7 Å². The van der Waals surface area contributed by atoms with Crippen molar-refractivity contribution in [2.24, 2.45) is 5.92 Å². The Balaban J connectivity index is 3.81. The molecule has 16 heavy (non-hydrogen) atoms. The van der Waals surface area contributed by atoms with Gasteiger partial charge in [0.2, 0.25) is 0 Å². The van der Waals surface area contributed by atoms with Crippen LogP contribution < -0.4 is 0 Å². The average Bonchev–Trinajstić information content (AvgIpc) is 2.12. The molecule has 0 radical (unpaired) electrons. The van der Waals surface area contributed by atoms with Crippen molar-refractivity contribution in [1.29, 1.82) is 0 Å². The molecular formula is C7H18N2O7. The highest BCUT2D eigenvalue weighted by Gasteiger charge is 2.15. The average molecular weight is 242 g/mol. The fourth-order valence-corrected chi connectivity index (χ4v) is 0.827. The van der Waals surface area contributed by atoms with E-state index in [4.69, 9.17) is 25.6 Å². The van der Waals surface area contributed by atoms with E-state index in [1.165, 1.54) is 0 Å². The molecule has 0 amide bonds. The zero-order valence-electron chi connectivity index (χ0n) is 9.18. The Morgan fingerprint density at radius 1 is 0.938 bits per heavy atom. The second-order valence-electron chi connectivity index (χ2n) is 3.46. The van der Waals surface area contributed by atoms with Crippen LogP contribution in [0.25, 0.3) is 0 Å². The van der Waals surface area contributed by atoms with Gasteiger partial charge in [-0.2, -0.15) is 0 Å². The molecule has 0 saturated heterocycles. The summed E-state index contributed by atoms with van der Waals surface area (Å²) in [5, 5.41) is 32.4. The Bertz CT molecular complexity index is 167. The van der Waals surface area contributed by atoms with E-state index < -0.39 is 16.9 Å². The second kappa shape index (κ2) is 8.75. The molecule has 0 aromatic carbocycles. The molecule has 0 aromatic heterocycles. The third-order valence-electron chi connectivity index (χ3n) is 1.37. The summed E-state index contributed by atoms with van der Waals surface area (Å²) in [4.78, 5) is 8.68. The van der Waals surface area contributed by atoms with Crippen molar-refractivity contribution >= 4 is 0 Å². The van der Waals surface area contributed by atoms with Crippen molar-refractivity contribution in [3.05, 3.63) is 0 Å². The molecule has 0 saturated carbocycles. The van der Waals surface area contributed by atoms with Crippen molar-refractivity contribution in [1.82, 2.24) is 10.8 Å². The highest BCUT2D eigenvalue weighted by atomic mass is 17.1. The molecule has 0 fully saturated rings. The molecule has 0 rings (SSSR count). The number of hydrogen-bond acceptors (Lipinski definition) is 9. The van der Waals surface area contributed by atoms with Crippen LogP contribution in [-0.2, 0) is 14.4 Å². The SMILES string of the molecule is CC(C)COC[C@H](CON(O)O)ON(O)O. The molecule has 9 nitrogen and oxygen atoms in total. The van der Waals surface area contributed by atoms with E-state index in [-0.39, 0.29) is 13.2 Å². The van der Waals surface area contributed by atoms with Crippen molar-refractivity contribution in [3.8, 4) is 0 Å². The van der Waals surface area contributed by atoms with E-state index in [1.54, 1.807) is 0 Å². The normalized spacial score (nSPS) is 14.1. The van der Waals surface area contributed by atoms with E-state index in [0.29, 0.717) is 12.5 Å². The molecule has 0 bridgehead atoms. The van der Waals surface area contributed by atoms with Gasteiger partial charge in [-0.15, -0.1) is 0 Å². The Morgan fingerprint density at radius 2 is 1.56 bits per heavy atom. The van der Waals surface area contributed by atoms with Crippen LogP contribution in [0.5, 0.6) is 0 Å². The molecule has 0 aliphatic carbocycles. The maximum absolute atomic E-state index is 8.41. The van der Waals surface area contributed by atoms with E-state index in [1.807, 2.05) is 13.8 Å². The summed E-state index contributed by atoms with van der Waals surface area (Å²) in [7, 11) is 0. The molecule has 0 aromatic rings. The van der Waals surface area contributed by atoms with Gasteiger partial charge < -0.3 is 4.74 Å². The number of nitrogens with zero attached hydrogens (tertiary/aromatic N) is 2. The van der Waals surface area contributed by atoms with Crippen LogP contribution in [0.1, 0.15) is 13.8 Å². The first kappa shape index (κ1) is 15.6. The third kappa shape index (κ3) is 10.2. The van der Waals surface area contributed by atoms with Crippen LogP contribution in [-0.4, -0.2) is 57.5 Å². The number of hydrogen-bond donors (Lipinski definition) is 4. The van der Waals surface area contributed by atoms with Gasteiger partial charge in [0.1, 0.15) is 12.7 Å². The van der Waals surface area contributed by atoms with E-state index in [0.717, 1.165) is 0 Å². The maximum Gasteiger partial charge on any atom is 0.133 e. The summed E-state index contributed by atoms with van der Waals surface area (Å²) in [5.41, 5.74) is 0. The van der Waals surface area contributed by atoms with Gasteiger partial charge >= 0.3 is 0 Å². The van der Waals surface area contributed by atoms with Crippen LogP contribution >= 0.6 is 0 Å². The molecule has 0 aliphatic heterocycles. The zero-order chi connectivity index (χ0) is 12.6. The van der Waals surface area contributed by atoms with Gasteiger partial charge in [-0.05, 0) is 5.92 Å². The van der Waals surface area contributed by atoms with E-state index in [2.05, 4.69) is 9.68 Å². The molecule has 0 aliphatic rings. The third-order valence-corrected chi connectivity index (χ3v) is 1.37. The van der Waals surface area contributed by atoms with Gasteiger partial charge in [-0.25, -0.2) is 9.68 Å². The van der Waals surface area contributed by atoms with Crippen LogP contribution in [0.3, 0.4) is 0 Å². The van der Waals surface area contributed by atoms with Crippen molar-refractivity contribution in [2.45, 2.75) is 20.0 Å². The van der Waals surface area contributed by atoms with Crippen molar-refractivity contribution < 1.29 is 35.2 Å². The first-order valence-electron chi connectivity index (χ1n) is 4.65. The summed E-state index contributed by atoms with van der Waals surface area (Å²) in [6.45, 7) is 4.02. The summed E-state index contributed by atoms with van der Waals surface area (Å²) in [5.74, 6) is 0.313. The monoisotopic (exact) mass is 242 g/mol. The first-order chi connectivity index (χ1) is 7.41. The minimum Gasteiger partial charge on any atom is -0.378 e. The topological polar surface area (TPSA) is 115 Å². The highest BCUT2D eigenvalue weighted by molar-refractivity contribution is 4.53. The lowest BCUT2D eigenvalue weighted by atomic mass is 10.2. The lowest BCUT2D eigenvalue weighted by molar-refractivity contribution is -0.528. The number of ether oxygens (including phenoxy) is 1. The lowest BCUT2D eigenvalue weighted by Gasteiger charge is -2.19. The molecule has 0 spiro atoms. The van der Waals surface area contributed by atoms with Gasteiger partial charge in [0.15, 0.2) is 0 Å². The van der Waals surface area contributed by atoms with Crippen molar-refractivity contribution in [3.63, 3.8) is 0 Å². The van der Waals surface area contributed by atoms with Gasteiger partial charge in [0.25, 0.3) is 0 Å². The Morgan fingerprint density at radius 3 is 2.00 bits per heavy atom. The first-order valence-corrected chi connectivity index (χ1v) is 4.65. The minimum atomic E-state index is -0.893. The molecule has 9 heteroatoms. The van der Waals surface area contributed by atoms with Gasteiger partial charge in [0, 0.05) is 6.61 Å². The van der Waals surface area contributed by atoms with Crippen LogP contribution in [0.4, 0.5) is 0 Å². The summed E-state index contributed by atoms with van der Waals surface area (Å²) in [6.07, 6.45) is -0.893. The van der Waals surface area contributed by atoms with Gasteiger partial charge in [0.05, 0.1) is 17.4 Å². The second-order valence-corrected chi connectivity index (χ2v) is 3.46. The predicted molar refractivity (Wildman–Crippen MR) is 47.3 cm³/mol. The minimum absolute atomic E-state index is 0.00361. The smallest absolute Gasteiger partial charge is 0.133 e. The highest BCUT2D eigenvalue weighted by Crippen LogP contribution is 2.00. The fourth-order valence-electron chi connectivity index (χ4n) is 0.827. The van der Waals surface area contributed by atoms with Crippen LogP contribution in [0.15, 0.2) is 0 Å². The molecule has 4 N–H and O–H groups in total. The molecule has 0 heterocycles. The standard InChI is InChI=1S/C7H18N2O7/c1-6(2)3-14-4-7(16-9(12)13)5-15-8(10)11/h6-7,10-13H,3-5H2,1-2H3/t7-/m1/s1. The Hall–Kier alpha value is -0.360. The van der Waals surface area contributed by atoms with Gasteiger partial charge in [-0.3, -0.25) is 20.8 Å².